The molecule has 1 radical (unpaired) electrons. The Balaban J connectivity index is 3.17. The molecule has 1 unspecified atom stereocenters. The van der Waals surface area contributed by atoms with Crippen molar-refractivity contribution in [3.8, 4) is 0 Å². The maximum absolute atomic E-state index is 11.3. The smallest absolute Gasteiger partial charge is 0.0850 e. The molecule has 0 amide bonds. The van der Waals surface area contributed by atoms with Crippen LogP contribution in [0.1, 0.15) is 155 Å². The standard InChI is InChI=1S/C26H53O/c1-3-5-7-9-10-11-12-13-14-15-16-17-18-19-20-22-24-26(25-27)23-21-8-6-4-2/h26H,3-25H2,1-2H3. The molecule has 0 heterocycles. The van der Waals surface area contributed by atoms with Gasteiger partial charge in [-0.15, -0.1) is 0 Å². The van der Waals surface area contributed by atoms with Crippen LogP contribution in [0.15, 0.2) is 0 Å². The average Bonchev–Trinajstić information content (AvgIpc) is 2.69. The lowest BCUT2D eigenvalue weighted by molar-refractivity contribution is 0.130. The molecule has 0 saturated heterocycles. The van der Waals surface area contributed by atoms with E-state index in [2.05, 4.69) is 13.8 Å². The quantitative estimate of drug-likeness (QED) is 0.157. The summed E-state index contributed by atoms with van der Waals surface area (Å²) in [6.45, 7) is 4.70. The van der Waals surface area contributed by atoms with Crippen LogP contribution in [0.4, 0.5) is 0 Å². The van der Waals surface area contributed by atoms with Gasteiger partial charge in [0.1, 0.15) is 0 Å². The third-order valence-electron chi connectivity index (χ3n) is 6.17. The van der Waals surface area contributed by atoms with Gasteiger partial charge in [-0.2, -0.15) is 0 Å². The second kappa shape index (κ2) is 24.0. The van der Waals surface area contributed by atoms with Gasteiger partial charge >= 0.3 is 0 Å². The highest BCUT2D eigenvalue weighted by molar-refractivity contribution is 4.59. The molecular formula is C26H53O. The lowest BCUT2D eigenvalue weighted by Gasteiger charge is -2.12. The first-order valence-electron chi connectivity index (χ1n) is 12.9. The summed E-state index contributed by atoms with van der Waals surface area (Å²) in [5.74, 6) is 0.466. The Hall–Kier alpha value is -0.0400. The van der Waals surface area contributed by atoms with E-state index < -0.39 is 0 Å². The van der Waals surface area contributed by atoms with Crippen molar-refractivity contribution in [2.24, 2.45) is 5.92 Å². The highest BCUT2D eigenvalue weighted by Crippen LogP contribution is 2.19. The highest BCUT2D eigenvalue weighted by atomic mass is 16.3. The minimum Gasteiger partial charge on any atom is -0.236 e. The van der Waals surface area contributed by atoms with Gasteiger partial charge in [0.05, 0.1) is 6.61 Å². The number of rotatable bonds is 23. The molecule has 0 aromatic carbocycles. The monoisotopic (exact) mass is 381 g/mol. The fourth-order valence-electron chi connectivity index (χ4n) is 4.15. The summed E-state index contributed by atoms with van der Waals surface area (Å²) in [6, 6.07) is 0. The highest BCUT2D eigenvalue weighted by Gasteiger charge is 2.07. The molecule has 0 N–H and O–H groups in total. The van der Waals surface area contributed by atoms with Crippen LogP contribution in [-0.4, -0.2) is 6.61 Å². The van der Waals surface area contributed by atoms with Crippen molar-refractivity contribution in [1.29, 1.82) is 0 Å². The third kappa shape index (κ3) is 22.1. The van der Waals surface area contributed by atoms with Gasteiger partial charge < -0.3 is 0 Å². The predicted octanol–water partition coefficient (Wildman–Crippen LogP) is 9.66. The van der Waals surface area contributed by atoms with Crippen molar-refractivity contribution in [1.82, 2.24) is 0 Å². The SMILES string of the molecule is CCCCCCCCCCCCCCCCCCC(C[O])CCCCCC. The van der Waals surface area contributed by atoms with E-state index in [4.69, 9.17) is 0 Å². The summed E-state index contributed by atoms with van der Waals surface area (Å²) in [5, 5.41) is 11.3. The number of unbranched alkanes of at least 4 members (excludes halogenated alkanes) is 18. The van der Waals surface area contributed by atoms with Crippen LogP contribution in [0.3, 0.4) is 0 Å². The Bertz CT molecular complexity index is 251. The third-order valence-corrected chi connectivity index (χ3v) is 6.17. The lowest BCUT2D eigenvalue weighted by atomic mass is 9.95. The van der Waals surface area contributed by atoms with Crippen LogP contribution in [-0.2, 0) is 5.11 Å². The van der Waals surface area contributed by atoms with Crippen molar-refractivity contribution in [3.05, 3.63) is 0 Å². The minimum atomic E-state index is 0.158. The van der Waals surface area contributed by atoms with Gasteiger partial charge in [-0.3, -0.25) is 0 Å². The first-order valence-corrected chi connectivity index (χ1v) is 12.9. The lowest BCUT2D eigenvalue weighted by Crippen LogP contribution is -2.05. The Morgan fingerprint density at radius 3 is 0.963 bits per heavy atom. The summed E-state index contributed by atoms with van der Waals surface area (Å²) in [7, 11) is 0. The molecule has 0 aliphatic rings. The van der Waals surface area contributed by atoms with Crippen LogP contribution < -0.4 is 0 Å². The van der Waals surface area contributed by atoms with Crippen LogP contribution >= 0.6 is 0 Å². The molecule has 27 heavy (non-hydrogen) atoms. The average molecular weight is 382 g/mol. The van der Waals surface area contributed by atoms with E-state index in [0.29, 0.717) is 5.92 Å². The molecule has 0 rings (SSSR count). The summed E-state index contributed by atoms with van der Waals surface area (Å²) in [5.41, 5.74) is 0. The second-order valence-electron chi connectivity index (χ2n) is 8.97. The zero-order valence-corrected chi connectivity index (χ0v) is 19.2. The molecule has 1 heteroatoms. The molecular weight excluding hydrogens is 328 g/mol. The van der Waals surface area contributed by atoms with Gasteiger partial charge in [0.25, 0.3) is 0 Å². The Kier molecular flexibility index (Phi) is 24.0. The molecule has 0 fully saturated rings. The van der Waals surface area contributed by atoms with E-state index in [1.54, 1.807) is 0 Å². The molecule has 0 aromatic heterocycles. The zero-order valence-electron chi connectivity index (χ0n) is 19.2. The van der Waals surface area contributed by atoms with Crippen molar-refractivity contribution in [3.63, 3.8) is 0 Å². The van der Waals surface area contributed by atoms with E-state index >= 15 is 0 Å². The molecule has 0 spiro atoms. The van der Waals surface area contributed by atoms with Gasteiger partial charge in [-0.1, -0.05) is 142 Å². The van der Waals surface area contributed by atoms with E-state index in [9.17, 15) is 5.11 Å². The number of hydrogen-bond acceptors (Lipinski definition) is 0. The van der Waals surface area contributed by atoms with Crippen molar-refractivity contribution in [2.45, 2.75) is 155 Å². The largest absolute Gasteiger partial charge is 0.236 e. The molecule has 163 valence electrons. The second-order valence-corrected chi connectivity index (χ2v) is 8.97. The van der Waals surface area contributed by atoms with Crippen LogP contribution in [0.25, 0.3) is 0 Å². The summed E-state index contributed by atoms with van der Waals surface area (Å²) < 4.78 is 0. The van der Waals surface area contributed by atoms with Gasteiger partial charge in [-0.25, -0.2) is 5.11 Å². The van der Waals surface area contributed by atoms with Crippen LogP contribution in [0.2, 0.25) is 0 Å². The maximum atomic E-state index is 11.3. The van der Waals surface area contributed by atoms with Gasteiger partial charge in [0.2, 0.25) is 0 Å². The molecule has 1 nitrogen and oxygen atoms in total. The first kappa shape index (κ1) is 27.0. The van der Waals surface area contributed by atoms with Gasteiger partial charge in [0, 0.05) is 0 Å². The molecule has 0 aliphatic carbocycles. The molecule has 0 aliphatic heterocycles. The summed E-state index contributed by atoms with van der Waals surface area (Å²) in [4.78, 5) is 0. The molecule has 1 atom stereocenters. The van der Waals surface area contributed by atoms with Gasteiger partial charge in [-0.05, 0) is 18.8 Å². The van der Waals surface area contributed by atoms with Crippen molar-refractivity contribution in [2.75, 3.05) is 6.61 Å². The first-order chi connectivity index (χ1) is 13.3. The Morgan fingerprint density at radius 1 is 0.407 bits per heavy atom. The van der Waals surface area contributed by atoms with Crippen molar-refractivity contribution >= 4 is 0 Å². The van der Waals surface area contributed by atoms with E-state index in [1.807, 2.05) is 0 Å². The topological polar surface area (TPSA) is 19.9 Å². The minimum absolute atomic E-state index is 0.158. The normalized spacial score (nSPS) is 12.6. The van der Waals surface area contributed by atoms with E-state index in [1.165, 1.54) is 141 Å². The van der Waals surface area contributed by atoms with Crippen LogP contribution in [0, 0.1) is 5.92 Å². The van der Waals surface area contributed by atoms with Crippen LogP contribution in [0.5, 0.6) is 0 Å². The van der Waals surface area contributed by atoms with Crippen molar-refractivity contribution < 1.29 is 5.11 Å². The fraction of sp³-hybridized carbons (Fsp3) is 1.00. The Labute approximate surface area is 173 Å². The predicted molar refractivity (Wildman–Crippen MR) is 122 cm³/mol. The molecule has 0 bridgehead atoms. The Morgan fingerprint density at radius 2 is 0.667 bits per heavy atom. The zero-order chi connectivity index (χ0) is 19.8. The fourth-order valence-corrected chi connectivity index (χ4v) is 4.15. The summed E-state index contributed by atoms with van der Waals surface area (Å²) in [6.07, 6.45) is 30.4. The maximum Gasteiger partial charge on any atom is 0.0850 e. The number of hydrogen-bond donors (Lipinski definition) is 0. The van der Waals surface area contributed by atoms with Gasteiger partial charge in [0.15, 0.2) is 0 Å². The molecule has 0 aromatic rings. The van der Waals surface area contributed by atoms with E-state index in [0.717, 1.165) is 0 Å². The summed E-state index contributed by atoms with van der Waals surface area (Å²) >= 11 is 0. The van der Waals surface area contributed by atoms with E-state index in [-0.39, 0.29) is 6.61 Å². The molecule has 0 saturated carbocycles.